The van der Waals surface area contributed by atoms with Crippen LogP contribution in [0.25, 0.3) is 17.1 Å². The molecule has 0 radical (unpaired) electrons. The van der Waals surface area contributed by atoms with E-state index in [1.807, 2.05) is 74.5 Å². The van der Waals surface area contributed by atoms with Crippen LogP contribution >= 0.6 is 23.2 Å². The second kappa shape index (κ2) is 8.30. The summed E-state index contributed by atoms with van der Waals surface area (Å²) in [7, 11) is 0. The Kier molecular flexibility index (Phi) is 5.57. The summed E-state index contributed by atoms with van der Waals surface area (Å²) in [6, 6.07) is 20.5. The van der Waals surface area contributed by atoms with E-state index in [0.717, 1.165) is 22.4 Å². The minimum Gasteiger partial charge on any atom is -0.318 e. The van der Waals surface area contributed by atoms with Gasteiger partial charge in [-0.05, 0) is 43.2 Å². The highest BCUT2D eigenvalue weighted by atomic mass is 35.5. The van der Waals surface area contributed by atoms with Gasteiger partial charge in [0.15, 0.2) is 5.82 Å². The van der Waals surface area contributed by atoms with E-state index >= 15 is 0 Å². The smallest absolute Gasteiger partial charge is 0.295 e. The number of aromatic nitrogens is 3. The van der Waals surface area contributed by atoms with E-state index in [9.17, 15) is 4.79 Å². The van der Waals surface area contributed by atoms with Crippen LogP contribution in [0.1, 0.15) is 21.7 Å². The first-order valence-electron chi connectivity index (χ1n) is 9.30. The van der Waals surface area contributed by atoms with Crippen LogP contribution in [0.2, 0.25) is 10.0 Å². The number of benzene rings is 3. The second-order valence-electron chi connectivity index (χ2n) is 6.81. The van der Waals surface area contributed by atoms with Gasteiger partial charge in [-0.25, -0.2) is 9.67 Å². The summed E-state index contributed by atoms with van der Waals surface area (Å²) >= 11 is 12.6. The van der Waals surface area contributed by atoms with Crippen LogP contribution in [0.4, 0.5) is 5.69 Å². The van der Waals surface area contributed by atoms with Crippen molar-refractivity contribution in [2.24, 2.45) is 0 Å². The highest BCUT2D eigenvalue weighted by molar-refractivity contribution is 6.34. The number of para-hydroxylation sites is 1. The highest BCUT2D eigenvalue weighted by Crippen LogP contribution is 2.28. The number of aryl methyl sites for hydroxylation is 1. The van der Waals surface area contributed by atoms with Gasteiger partial charge in [0.25, 0.3) is 5.91 Å². The maximum absolute atomic E-state index is 13.0. The van der Waals surface area contributed by atoms with Crippen LogP contribution in [0, 0.1) is 13.8 Å². The number of hydrogen-bond donors (Lipinski definition) is 1. The molecule has 0 spiro atoms. The molecule has 0 saturated carbocycles. The molecular formula is C23H18Cl2N4O. The lowest BCUT2D eigenvalue weighted by Crippen LogP contribution is -2.15. The lowest BCUT2D eigenvalue weighted by molar-refractivity contribution is 0.101. The molecule has 150 valence electrons. The van der Waals surface area contributed by atoms with E-state index in [0.29, 0.717) is 21.6 Å². The SMILES string of the molecule is Cc1cccc(Cl)c1NC(=O)c1nc(-c2ccccc2)n(-c2cccc(Cl)c2C)n1. The Bertz CT molecular complexity index is 1220. The fourth-order valence-corrected chi connectivity index (χ4v) is 3.57. The molecule has 0 unspecified atom stereocenters. The number of nitrogens with zero attached hydrogens (tertiary/aromatic N) is 3. The van der Waals surface area contributed by atoms with Crippen LogP contribution in [0.15, 0.2) is 66.7 Å². The first-order valence-corrected chi connectivity index (χ1v) is 10.1. The van der Waals surface area contributed by atoms with Crippen molar-refractivity contribution >= 4 is 34.8 Å². The van der Waals surface area contributed by atoms with Crippen LogP contribution in [0.3, 0.4) is 0 Å². The van der Waals surface area contributed by atoms with E-state index in [4.69, 9.17) is 23.2 Å². The Morgan fingerprint density at radius 3 is 2.33 bits per heavy atom. The number of hydrogen-bond acceptors (Lipinski definition) is 3. The standard InChI is InChI=1S/C23H18Cl2N4O/c1-14-8-6-12-18(25)20(14)26-23(30)21-27-22(16-9-4-3-5-10-16)29(28-21)19-13-7-11-17(24)15(19)2/h3-13H,1-2H3,(H,26,30). The first kappa shape index (κ1) is 20.1. The summed E-state index contributed by atoms with van der Waals surface area (Å²) < 4.78 is 1.64. The average Bonchev–Trinajstić information content (AvgIpc) is 3.19. The maximum atomic E-state index is 13.0. The molecule has 1 heterocycles. The van der Waals surface area contributed by atoms with E-state index in [1.165, 1.54) is 0 Å². The number of carbonyl (C=O) groups is 1. The average molecular weight is 437 g/mol. The van der Waals surface area contributed by atoms with E-state index in [2.05, 4.69) is 15.4 Å². The monoisotopic (exact) mass is 436 g/mol. The predicted molar refractivity (Wildman–Crippen MR) is 121 cm³/mol. The molecule has 1 aromatic heterocycles. The van der Waals surface area contributed by atoms with Crippen molar-refractivity contribution in [1.82, 2.24) is 14.8 Å². The van der Waals surface area contributed by atoms with Gasteiger partial charge in [-0.15, -0.1) is 5.10 Å². The molecule has 7 heteroatoms. The van der Waals surface area contributed by atoms with Crippen molar-refractivity contribution < 1.29 is 4.79 Å². The molecule has 0 bridgehead atoms. The summed E-state index contributed by atoms with van der Waals surface area (Å²) in [6.07, 6.45) is 0. The van der Waals surface area contributed by atoms with Gasteiger partial charge < -0.3 is 5.32 Å². The molecule has 1 N–H and O–H groups in total. The number of nitrogens with one attached hydrogen (secondary N) is 1. The summed E-state index contributed by atoms with van der Waals surface area (Å²) in [5, 5.41) is 8.40. The number of halogens is 2. The fourth-order valence-electron chi connectivity index (χ4n) is 3.14. The number of anilines is 1. The third-order valence-electron chi connectivity index (χ3n) is 4.77. The molecule has 0 aliphatic rings. The maximum Gasteiger partial charge on any atom is 0.295 e. The van der Waals surface area contributed by atoms with Crippen LogP contribution < -0.4 is 5.32 Å². The number of rotatable bonds is 4. The minimum absolute atomic E-state index is 0.0348. The largest absolute Gasteiger partial charge is 0.318 e. The van der Waals surface area contributed by atoms with Crippen molar-refractivity contribution in [3.05, 3.63) is 93.7 Å². The van der Waals surface area contributed by atoms with E-state index in [1.54, 1.807) is 10.7 Å². The summed E-state index contributed by atoms with van der Waals surface area (Å²) in [5.74, 6) is 0.136. The molecule has 4 rings (SSSR count). The number of amides is 1. The molecule has 0 fully saturated rings. The summed E-state index contributed by atoms with van der Waals surface area (Å²) in [4.78, 5) is 17.5. The lowest BCUT2D eigenvalue weighted by Gasteiger charge is -2.10. The van der Waals surface area contributed by atoms with Gasteiger partial charge in [0, 0.05) is 10.6 Å². The third kappa shape index (κ3) is 3.82. The van der Waals surface area contributed by atoms with Gasteiger partial charge in [-0.2, -0.15) is 0 Å². The van der Waals surface area contributed by atoms with Gasteiger partial charge in [-0.1, -0.05) is 71.7 Å². The minimum atomic E-state index is -0.443. The van der Waals surface area contributed by atoms with Gasteiger partial charge in [0.2, 0.25) is 5.82 Å². The Balaban J connectivity index is 1.81. The van der Waals surface area contributed by atoms with Crippen LogP contribution in [-0.2, 0) is 0 Å². The topological polar surface area (TPSA) is 59.8 Å². The van der Waals surface area contributed by atoms with Gasteiger partial charge in [0.05, 0.1) is 16.4 Å². The Morgan fingerprint density at radius 1 is 0.900 bits per heavy atom. The van der Waals surface area contributed by atoms with Gasteiger partial charge in [-0.3, -0.25) is 4.79 Å². The van der Waals surface area contributed by atoms with Crippen LogP contribution in [0.5, 0.6) is 0 Å². The highest BCUT2D eigenvalue weighted by Gasteiger charge is 2.21. The molecule has 0 atom stereocenters. The van der Waals surface area contributed by atoms with Crippen molar-refractivity contribution in [3.63, 3.8) is 0 Å². The molecular weight excluding hydrogens is 419 g/mol. The van der Waals surface area contributed by atoms with E-state index < -0.39 is 5.91 Å². The van der Waals surface area contributed by atoms with Gasteiger partial charge >= 0.3 is 0 Å². The normalized spacial score (nSPS) is 10.8. The number of carbonyl (C=O) groups excluding carboxylic acids is 1. The summed E-state index contributed by atoms with van der Waals surface area (Å²) in [5.41, 5.74) is 3.82. The summed E-state index contributed by atoms with van der Waals surface area (Å²) in [6.45, 7) is 3.78. The zero-order valence-electron chi connectivity index (χ0n) is 16.4. The zero-order valence-corrected chi connectivity index (χ0v) is 17.9. The molecule has 4 aromatic rings. The van der Waals surface area contributed by atoms with Gasteiger partial charge in [0.1, 0.15) is 0 Å². The Labute approximate surface area is 184 Å². The van der Waals surface area contributed by atoms with Crippen molar-refractivity contribution in [2.45, 2.75) is 13.8 Å². The lowest BCUT2D eigenvalue weighted by atomic mass is 10.1. The molecule has 0 aliphatic carbocycles. The van der Waals surface area contributed by atoms with E-state index in [-0.39, 0.29) is 5.82 Å². The molecule has 0 saturated heterocycles. The molecule has 0 aliphatic heterocycles. The quantitative estimate of drug-likeness (QED) is 0.419. The third-order valence-corrected chi connectivity index (χ3v) is 5.49. The van der Waals surface area contributed by atoms with Crippen molar-refractivity contribution in [3.8, 4) is 17.1 Å². The Hall–Kier alpha value is -3.15. The molecule has 5 nitrogen and oxygen atoms in total. The molecule has 30 heavy (non-hydrogen) atoms. The van der Waals surface area contributed by atoms with Crippen LogP contribution in [-0.4, -0.2) is 20.7 Å². The first-order chi connectivity index (χ1) is 14.5. The van der Waals surface area contributed by atoms with Crippen molar-refractivity contribution in [1.29, 1.82) is 0 Å². The molecule has 3 aromatic carbocycles. The molecule has 1 amide bonds. The second-order valence-corrected chi connectivity index (χ2v) is 7.62. The predicted octanol–water partition coefficient (Wildman–Crippen LogP) is 6.11. The fraction of sp³-hybridized carbons (Fsp3) is 0.0870. The van der Waals surface area contributed by atoms with Crippen molar-refractivity contribution in [2.75, 3.05) is 5.32 Å². The zero-order chi connectivity index (χ0) is 21.3. The Morgan fingerprint density at radius 2 is 1.60 bits per heavy atom.